The van der Waals surface area contributed by atoms with Gasteiger partial charge in [0.15, 0.2) is 0 Å². The van der Waals surface area contributed by atoms with Crippen LogP contribution in [0.1, 0.15) is 26.2 Å². The second kappa shape index (κ2) is 5.81. The molecule has 0 aliphatic carbocycles. The Balaban J connectivity index is 1.82. The van der Waals surface area contributed by atoms with Crippen molar-refractivity contribution in [3.8, 4) is 0 Å². The molecule has 1 atom stereocenters. The summed E-state index contributed by atoms with van der Waals surface area (Å²) in [6.07, 6.45) is 1.25. The lowest BCUT2D eigenvalue weighted by atomic mass is 9.99. The van der Waals surface area contributed by atoms with Crippen LogP contribution in [-0.4, -0.2) is 43.1 Å². The number of carboxylic acid groups (broad SMARTS) is 1. The summed E-state index contributed by atoms with van der Waals surface area (Å²) in [5.74, 6) is -1.20. The molecule has 2 heterocycles. The number of nitrogens with zero attached hydrogens (tertiary/aromatic N) is 3. The Kier molecular flexibility index (Phi) is 3.95. The summed E-state index contributed by atoms with van der Waals surface area (Å²) in [6.45, 7) is 2.28. The summed E-state index contributed by atoms with van der Waals surface area (Å²) in [6, 6.07) is 7.41. The average Bonchev–Trinajstić information content (AvgIpc) is 3.07. The Hall–Kier alpha value is -2.57. The van der Waals surface area contributed by atoms with Gasteiger partial charge in [-0.05, 0) is 31.9 Å². The van der Waals surface area contributed by atoms with Crippen molar-refractivity contribution in [1.82, 2.24) is 14.0 Å². The van der Waals surface area contributed by atoms with Gasteiger partial charge in [0.05, 0.1) is 11.0 Å². The number of carboxylic acids is 1. The van der Waals surface area contributed by atoms with Crippen molar-refractivity contribution in [2.45, 2.75) is 38.3 Å². The highest BCUT2D eigenvalue weighted by atomic mass is 16.4. The van der Waals surface area contributed by atoms with Crippen LogP contribution in [0, 0.1) is 0 Å². The third-order valence-electron chi connectivity index (χ3n) is 5.00. The Morgan fingerprint density at radius 1 is 1.25 bits per heavy atom. The van der Waals surface area contributed by atoms with Crippen LogP contribution < -0.4 is 5.69 Å². The van der Waals surface area contributed by atoms with Gasteiger partial charge in [-0.1, -0.05) is 12.1 Å². The Labute approximate surface area is 139 Å². The molecule has 0 bridgehead atoms. The molecule has 0 spiro atoms. The van der Waals surface area contributed by atoms with E-state index < -0.39 is 11.5 Å². The largest absolute Gasteiger partial charge is 0.480 e. The monoisotopic (exact) mass is 331 g/mol. The average molecular weight is 331 g/mol. The molecule has 1 aromatic carbocycles. The van der Waals surface area contributed by atoms with Crippen LogP contribution in [0.15, 0.2) is 29.1 Å². The van der Waals surface area contributed by atoms with Crippen LogP contribution in [0.25, 0.3) is 11.0 Å². The highest BCUT2D eigenvalue weighted by molar-refractivity contribution is 5.87. The standard InChI is InChI=1S/C17H21N3O4/c1-17(15(22)23)9-5-10-20(17)14(21)8-11-19-13-7-4-3-6-12(13)18(2)16(19)24/h3-4,6-7H,5,8-11H2,1-2H3,(H,22,23). The van der Waals surface area contributed by atoms with Gasteiger partial charge in [-0.25, -0.2) is 9.59 Å². The summed E-state index contributed by atoms with van der Waals surface area (Å²) in [7, 11) is 1.70. The van der Waals surface area contributed by atoms with Crippen LogP contribution in [0.3, 0.4) is 0 Å². The zero-order valence-electron chi connectivity index (χ0n) is 13.9. The van der Waals surface area contributed by atoms with Crippen molar-refractivity contribution in [1.29, 1.82) is 0 Å². The summed E-state index contributed by atoms with van der Waals surface area (Å²) < 4.78 is 3.12. The van der Waals surface area contributed by atoms with Crippen molar-refractivity contribution < 1.29 is 14.7 Å². The second-order valence-electron chi connectivity index (χ2n) is 6.46. The van der Waals surface area contributed by atoms with E-state index in [1.54, 1.807) is 23.1 Å². The number of aliphatic carboxylic acids is 1. The van der Waals surface area contributed by atoms with Crippen LogP contribution in [-0.2, 0) is 23.2 Å². The molecule has 1 unspecified atom stereocenters. The molecule has 24 heavy (non-hydrogen) atoms. The molecule has 1 aliphatic rings. The molecule has 7 heteroatoms. The van der Waals surface area contributed by atoms with E-state index in [0.29, 0.717) is 19.4 Å². The number of aromatic nitrogens is 2. The van der Waals surface area contributed by atoms with E-state index in [0.717, 1.165) is 11.0 Å². The molecular formula is C17H21N3O4. The molecule has 0 radical (unpaired) electrons. The number of para-hydroxylation sites is 2. The summed E-state index contributed by atoms with van der Waals surface area (Å²) in [5, 5.41) is 9.41. The van der Waals surface area contributed by atoms with Gasteiger partial charge in [0.1, 0.15) is 5.54 Å². The number of aryl methyl sites for hydroxylation is 2. The van der Waals surface area contributed by atoms with Crippen molar-refractivity contribution in [2.75, 3.05) is 6.54 Å². The first kappa shape index (κ1) is 16.3. The number of rotatable bonds is 4. The van der Waals surface area contributed by atoms with Gasteiger partial charge in [-0.3, -0.25) is 13.9 Å². The van der Waals surface area contributed by atoms with Crippen LogP contribution in [0.5, 0.6) is 0 Å². The van der Waals surface area contributed by atoms with Crippen molar-refractivity contribution in [3.63, 3.8) is 0 Å². The van der Waals surface area contributed by atoms with Gasteiger partial charge >= 0.3 is 11.7 Å². The second-order valence-corrected chi connectivity index (χ2v) is 6.46. The fourth-order valence-corrected chi connectivity index (χ4v) is 3.51. The van der Waals surface area contributed by atoms with Crippen molar-refractivity contribution in [3.05, 3.63) is 34.7 Å². The molecular weight excluding hydrogens is 310 g/mol. The minimum absolute atomic E-state index is 0.108. The van der Waals surface area contributed by atoms with Crippen molar-refractivity contribution >= 4 is 22.9 Å². The molecule has 128 valence electrons. The van der Waals surface area contributed by atoms with Gasteiger partial charge in [0.25, 0.3) is 0 Å². The molecule has 1 aliphatic heterocycles. The van der Waals surface area contributed by atoms with Crippen LogP contribution in [0.2, 0.25) is 0 Å². The van der Waals surface area contributed by atoms with Gasteiger partial charge in [-0.2, -0.15) is 0 Å². The normalized spacial score (nSPS) is 20.7. The Morgan fingerprint density at radius 2 is 1.92 bits per heavy atom. The zero-order chi connectivity index (χ0) is 17.5. The van der Waals surface area contributed by atoms with E-state index in [4.69, 9.17) is 0 Å². The van der Waals surface area contributed by atoms with Crippen LogP contribution in [0.4, 0.5) is 0 Å². The number of imidazole rings is 1. The molecule has 0 saturated carbocycles. The smallest absolute Gasteiger partial charge is 0.329 e. The van der Waals surface area contributed by atoms with E-state index >= 15 is 0 Å². The Bertz CT molecular complexity index is 866. The summed E-state index contributed by atoms with van der Waals surface area (Å²) in [4.78, 5) is 37.8. The van der Waals surface area contributed by atoms with E-state index in [1.165, 1.54) is 4.90 Å². The Morgan fingerprint density at radius 3 is 2.58 bits per heavy atom. The number of hydrogen-bond acceptors (Lipinski definition) is 3. The number of hydrogen-bond donors (Lipinski definition) is 1. The fourth-order valence-electron chi connectivity index (χ4n) is 3.51. The lowest BCUT2D eigenvalue weighted by molar-refractivity contribution is -0.155. The first-order valence-corrected chi connectivity index (χ1v) is 8.04. The fraction of sp³-hybridized carbons (Fsp3) is 0.471. The predicted octanol–water partition coefficient (Wildman–Crippen LogP) is 1.20. The molecule has 3 rings (SSSR count). The maximum Gasteiger partial charge on any atom is 0.329 e. The first-order chi connectivity index (χ1) is 11.4. The molecule has 1 saturated heterocycles. The highest BCUT2D eigenvalue weighted by Gasteiger charge is 2.45. The third kappa shape index (κ3) is 2.40. The SMILES string of the molecule is Cn1c(=O)n(CCC(=O)N2CCCC2(C)C(=O)O)c2ccccc21. The summed E-state index contributed by atoms with van der Waals surface area (Å²) in [5.41, 5.74) is 0.277. The maximum atomic E-state index is 12.5. The predicted molar refractivity (Wildman–Crippen MR) is 88.8 cm³/mol. The number of benzene rings is 1. The topological polar surface area (TPSA) is 84.5 Å². The number of amides is 1. The van der Waals surface area contributed by atoms with E-state index in [9.17, 15) is 19.5 Å². The third-order valence-corrected chi connectivity index (χ3v) is 5.00. The summed E-state index contributed by atoms with van der Waals surface area (Å²) >= 11 is 0. The minimum atomic E-state index is -1.14. The molecule has 7 nitrogen and oxygen atoms in total. The van der Waals surface area contributed by atoms with Gasteiger partial charge in [0.2, 0.25) is 5.91 Å². The van der Waals surface area contributed by atoms with E-state index in [-0.39, 0.29) is 24.6 Å². The number of carbonyl (C=O) groups excluding carboxylic acids is 1. The van der Waals surface area contributed by atoms with Crippen molar-refractivity contribution in [2.24, 2.45) is 7.05 Å². The highest BCUT2D eigenvalue weighted by Crippen LogP contribution is 2.30. The van der Waals surface area contributed by atoms with E-state index in [2.05, 4.69) is 0 Å². The lowest BCUT2D eigenvalue weighted by Gasteiger charge is -2.31. The molecule has 1 N–H and O–H groups in total. The minimum Gasteiger partial charge on any atom is -0.480 e. The molecule has 1 fully saturated rings. The van der Waals surface area contributed by atoms with Crippen LogP contribution >= 0.6 is 0 Å². The number of carbonyl (C=O) groups is 2. The van der Waals surface area contributed by atoms with Gasteiger partial charge in [0, 0.05) is 26.6 Å². The quantitative estimate of drug-likeness (QED) is 0.912. The number of likely N-dealkylation sites (tertiary alicyclic amines) is 1. The zero-order valence-corrected chi connectivity index (χ0v) is 13.9. The molecule has 1 amide bonds. The molecule has 1 aromatic heterocycles. The lowest BCUT2D eigenvalue weighted by Crippen LogP contribution is -2.51. The maximum absolute atomic E-state index is 12.5. The van der Waals surface area contributed by atoms with E-state index in [1.807, 2.05) is 24.3 Å². The number of fused-ring (bicyclic) bond motifs is 1. The first-order valence-electron chi connectivity index (χ1n) is 8.04. The van der Waals surface area contributed by atoms with Gasteiger partial charge < -0.3 is 10.0 Å². The molecule has 2 aromatic rings. The van der Waals surface area contributed by atoms with Gasteiger partial charge in [-0.15, -0.1) is 0 Å².